The molecular formula is C21H13ClFN3O2. The van der Waals surface area contributed by atoms with Crippen molar-refractivity contribution in [2.75, 3.05) is 5.32 Å². The minimum absolute atomic E-state index is 0.157. The third-order valence-corrected chi connectivity index (χ3v) is 4.43. The van der Waals surface area contributed by atoms with Gasteiger partial charge < -0.3 is 10.3 Å². The maximum Gasteiger partial charge on any atom is 0.275 e. The summed E-state index contributed by atoms with van der Waals surface area (Å²) in [6.07, 6.45) is 0. The molecule has 138 valence electrons. The molecule has 0 atom stereocenters. The summed E-state index contributed by atoms with van der Waals surface area (Å²) >= 11 is 6.08. The Morgan fingerprint density at radius 3 is 2.57 bits per heavy atom. The van der Waals surface area contributed by atoms with E-state index in [2.05, 4.69) is 15.3 Å². The van der Waals surface area contributed by atoms with Gasteiger partial charge in [-0.3, -0.25) is 9.59 Å². The summed E-state index contributed by atoms with van der Waals surface area (Å²) < 4.78 is 13.1. The largest absolute Gasteiger partial charge is 0.321 e. The van der Waals surface area contributed by atoms with Gasteiger partial charge in [-0.2, -0.15) is 0 Å². The Morgan fingerprint density at radius 2 is 1.79 bits per heavy atom. The molecule has 28 heavy (non-hydrogen) atoms. The summed E-state index contributed by atoms with van der Waals surface area (Å²) in [5, 5.41) is 3.11. The fourth-order valence-electron chi connectivity index (χ4n) is 2.83. The lowest BCUT2D eigenvalue weighted by Crippen LogP contribution is -2.16. The number of amides is 1. The average Bonchev–Trinajstić information content (AvgIpc) is 2.68. The second-order valence-electron chi connectivity index (χ2n) is 6.08. The third kappa shape index (κ3) is 3.50. The van der Waals surface area contributed by atoms with Gasteiger partial charge in [-0.25, -0.2) is 9.37 Å². The topological polar surface area (TPSA) is 74.8 Å². The molecule has 2 N–H and O–H groups in total. The van der Waals surface area contributed by atoms with Crippen molar-refractivity contribution in [3.8, 4) is 11.3 Å². The van der Waals surface area contributed by atoms with E-state index >= 15 is 0 Å². The second kappa shape index (κ2) is 7.25. The standard InChI is InChI=1S/C21H13ClFN3O2/c22-13-7-10-15(19-21(28)25-17-4-2-1-3-16(17)24-19)18(11-13)26-20(27)12-5-8-14(23)9-6-12/h1-11H,(H,25,28)(H,26,27). The van der Waals surface area contributed by atoms with Crippen molar-refractivity contribution in [3.05, 3.63) is 93.5 Å². The zero-order valence-electron chi connectivity index (χ0n) is 14.4. The van der Waals surface area contributed by atoms with Gasteiger partial charge in [0.1, 0.15) is 11.5 Å². The van der Waals surface area contributed by atoms with Crippen LogP contribution in [0.3, 0.4) is 0 Å². The first kappa shape index (κ1) is 17.9. The number of nitrogens with one attached hydrogen (secondary N) is 2. The molecule has 0 saturated carbocycles. The quantitative estimate of drug-likeness (QED) is 0.532. The van der Waals surface area contributed by atoms with Crippen LogP contribution in [-0.4, -0.2) is 15.9 Å². The molecule has 4 aromatic rings. The summed E-state index contributed by atoms with van der Waals surface area (Å²) in [5.74, 6) is -0.896. The molecule has 0 spiro atoms. The van der Waals surface area contributed by atoms with Gasteiger partial charge in [0.15, 0.2) is 0 Å². The third-order valence-electron chi connectivity index (χ3n) is 4.19. The first-order chi connectivity index (χ1) is 13.5. The minimum atomic E-state index is -0.458. The molecule has 0 fully saturated rings. The van der Waals surface area contributed by atoms with Crippen LogP contribution in [0.25, 0.3) is 22.3 Å². The van der Waals surface area contributed by atoms with Gasteiger partial charge in [-0.05, 0) is 54.6 Å². The number of rotatable bonds is 3. The van der Waals surface area contributed by atoms with Crippen LogP contribution in [0.2, 0.25) is 5.02 Å². The number of anilines is 1. The van der Waals surface area contributed by atoms with Gasteiger partial charge in [0.05, 0.1) is 16.7 Å². The van der Waals surface area contributed by atoms with Crippen molar-refractivity contribution >= 4 is 34.2 Å². The number of para-hydroxylation sites is 2. The molecule has 1 heterocycles. The van der Waals surface area contributed by atoms with Gasteiger partial charge in [-0.15, -0.1) is 0 Å². The molecule has 5 nitrogen and oxygen atoms in total. The van der Waals surface area contributed by atoms with E-state index in [9.17, 15) is 14.0 Å². The molecule has 7 heteroatoms. The van der Waals surface area contributed by atoms with E-state index < -0.39 is 17.3 Å². The zero-order chi connectivity index (χ0) is 19.7. The number of hydrogen-bond donors (Lipinski definition) is 2. The smallest absolute Gasteiger partial charge is 0.275 e. The lowest BCUT2D eigenvalue weighted by molar-refractivity contribution is 0.102. The van der Waals surface area contributed by atoms with Crippen LogP contribution >= 0.6 is 11.6 Å². The zero-order valence-corrected chi connectivity index (χ0v) is 15.1. The summed E-state index contributed by atoms with van der Waals surface area (Å²) in [4.78, 5) is 32.3. The summed E-state index contributed by atoms with van der Waals surface area (Å²) in [7, 11) is 0. The van der Waals surface area contributed by atoms with Crippen LogP contribution < -0.4 is 10.9 Å². The van der Waals surface area contributed by atoms with Gasteiger partial charge >= 0.3 is 0 Å². The molecule has 0 bridgehead atoms. The van der Waals surface area contributed by atoms with Crippen molar-refractivity contribution in [1.82, 2.24) is 9.97 Å². The normalized spacial score (nSPS) is 10.8. The lowest BCUT2D eigenvalue weighted by atomic mass is 10.1. The van der Waals surface area contributed by atoms with E-state index in [1.807, 2.05) is 6.07 Å². The SMILES string of the molecule is O=C(Nc1cc(Cl)ccc1-c1nc2ccccc2[nH]c1=O)c1ccc(F)cc1. The van der Waals surface area contributed by atoms with E-state index in [1.54, 1.807) is 30.3 Å². The molecule has 0 aliphatic carbocycles. The maximum atomic E-state index is 13.1. The molecule has 1 amide bonds. The number of hydrogen-bond acceptors (Lipinski definition) is 3. The van der Waals surface area contributed by atoms with Crippen LogP contribution in [-0.2, 0) is 0 Å². The van der Waals surface area contributed by atoms with E-state index in [0.29, 0.717) is 27.3 Å². The number of H-pyrrole nitrogens is 1. The summed E-state index contributed by atoms with van der Waals surface area (Å²) in [6, 6.07) is 17.1. The minimum Gasteiger partial charge on any atom is -0.321 e. The van der Waals surface area contributed by atoms with Gasteiger partial charge in [0.2, 0.25) is 0 Å². The van der Waals surface area contributed by atoms with Crippen LogP contribution in [0.15, 0.2) is 71.5 Å². The summed E-state index contributed by atoms with van der Waals surface area (Å²) in [5.41, 5.74) is 2.02. The van der Waals surface area contributed by atoms with E-state index in [-0.39, 0.29) is 11.3 Å². The van der Waals surface area contributed by atoms with E-state index in [1.165, 1.54) is 30.3 Å². The van der Waals surface area contributed by atoms with Crippen molar-refractivity contribution in [3.63, 3.8) is 0 Å². The predicted molar refractivity (Wildman–Crippen MR) is 107 cm³/mol. The fraction of sp³-hybridized carbons (Fsp3) is 0. The highest BCUT2D eigenvalue weighted by Gasteiger charge is 2.15. The number of nitrogens with zero attached hydrogens (tertiary/aromatic N) is 1. The number of halogens is 2. The number of benzene rings is 3. The highest BCUT2D eigenvalue weighted by atomic mass is 35.5. The molecular weight excluding hydrogens is 381 g/mol. The molecule has 1 aromatic heterocycles. The van der Waals surface area contributed by atoms with Crippen molar-refractivity contribution in [1.29, 1.82) is 0 Å². The Labute approximate surface area is 163 Å². The molecule has 0 aliphatic heterocycles. The first-order valence-electron chi connectivity index (χ1n) is 8.37. The molecule has 0 radical (unpaired) electrons. The molecule has 0 saturated heterocycles. The average molecular weight is 394 g/mol. The highest BCUT2D eigenvalue weighted by molar-refractivity contribution is 6.31. The van der Waals surface area contributed by atoms with E-state index in [4.69, 9.17) is 11.6 Å². The molecule has 3 aromatic carbocycles. The van der Waals surface area contributed by atoms with Crippen LogP contribution in [0, 0.1) is 5.82 Å². The van der Waals surface area contributed by atoms with Gasteiger partial charge in [-0.1, -0.05) is 23.7 Å². The first-order valence-corrected chi connectivity index (χ1v) is 8.75. The Kier molecular flexibility index (Phi) is 4.63. The van der Waals surface area contributed by atoms with Gasteiger partial charge in [0, 0.05) is 16.1 Å². The van der Waals surface area contributed by atoms with Crippen molar-refractivity contribution in [2.45, 2.75) is 0 Å². The Morgan fingerprint density at radius 1 is 1.04 bits per heavy atom. The Balaban J connectivity index is 1.79. The van der Waals surface area contributed by atoms with Crippen molar-refractivity contribution < 1.29 is 9.18 Å². The van der Waals surface area contributed by atoms with E-state index in [0.717, 1.165) is 0 Å². The predicted octanol–water partition coefficient (Wildman–Crippen LogP) is 4.63. The molecule has 4 rings (SSSR count). The lowest BCUT2D eigenvalue weighted by Gasteiger charge is -2.12. The number of carbonyl (C=O) groups is 1. The number of aromatic nitrogens is 2. The highest BCUT2D eigenvalue weighted by Crippen LogP contribution is 2.29. The number of fused-ring (bicyclic) bond motifs is 1. The molecule has 0 unspecified atom stereocenters. The maximum absolute atomic E-state index is 13.1. The number of aromatic amines is 1. The Hall–Kier alpha value is -3.51. The Bertz CT molecular complexity index is 1250. The van der Waals surface area contributed by atoms with Crippen molar-refractivity contribution in [2.24, 2.45) is 0 Å². The monoisotopic (exact) mass is 393 g/mol. The fourth-order valence-corrected chi connectivity index (χ4v) is 3.01. The van der Waals surface area contributed by atoms with Gasteiger partial charge in [0.25, 0.3) is 11.5 Å². The van der Waals surface area contributed by atoms with Crippen LogP contribution in [0.5, 0.6) is 0 Å². The second-order valence-corrected chi connectivity index (χ2v) is 6.52. The van der Waals surface area contributed by atoms with Crippen LogP contribution in [0.1, 0.15) is 10.4 Å². The van der Waals surface area contributed by atoms with Crippen LogP contribution in [0.4, 0.5) is 10.1 Å². The summed E-state index contributed by atoms with van der Waals surface area (Å²) in [6.45, 7) is 0. The number of carbonyl (C=O) groups excluding carboxylic acids is 1. The molecule has 0 aliphatic rings.